The van der Waals surface area contributed by atoms with Gasteiger partial charge >= 0.3 is 0 Å². The van der Waals surface area contributed by atoms with Gasteiger partial charge in [-0.3, -0.25) is 0 Å². The van der Waals surface area contributed by atoms with Gasteiger partial charge in [0.25, 0.3) is 0 Å². The van der Waals surface area contributed by atoms with Gasteiger partial charge in [-0.25, -0.2) is 4.98 Å². The lowest BCUT2D eigenvalue weighted by molar-refractivity contribution is 0.175. The third-order valence-electron chi connectivity index (χ3n) is 3.45. The minimum atomic E-state index is -0.387. The highest BCUT2D eigenvalue weighted by Crippen LogP contribution is 2.21. The maximum absolute atomic E-state index is 10.3. The number of nitrogens with zero attached hydrogens (tertiary/aromatic N) is 1. The molecular weight excluding hydrogens is 266 g/mol. The van der Waals surface area contributed by atoms with E-state index in [2.05, 4.69) is 35.3 Å². The van der Waals surface area contributed by atoms with Gasteiger partial charge in [-0.05, 0) is 29.7 Å². The summed E-state index contributed by atoms with van der Waals surface area (Å²) in [6.45, 7) is 1.99. The summed E-state index contributed by atoms with van der Waals surface area (Å²) in [5, 5.41) is 15.8. The largest absolute Gasteiger partial charge is 0.392 e. The zero-order chi connectivity index (χ0) is 13.9. The van der Waals surface area contributed by atoms with Crippen LogP contribution in [0.3, 0.4) is 0 Å². The van der Waals surface area contributed by atoms with Crippen molar-refractivity contribution in [3.05, 3.63) is 64.1 Å². The van der Waals surface area contributed by atoms with E-state index in [1.807, 2.05) is 24.4 Å². The summed E-state index contributed by atoms with van der Waals surface area (Å²) in [5.41, 5.74) is 2.18. The van der Waals surface area contributed by atoms with E-state index in [-0.39, 0.29) is 6.10 Å². The maximum Gasteiger partial charge on any atom is 0.0897 e. The molecule has 20 heavy (non-hydrogen) atoms. The Morgan fingerprint density at radius 3 is 2.70 bits per heavy atom. The van der Waals surface area contributed by atoms with E-state index in [0.717, 1.165) is 10.7 Å². The Morgan fingerprint density at radius 1 is 1.10 bits per heavy atom. The first kappa shape index (κ1) is 13.3. The monoisotopic (exact) mass is 283 g/mol. The number of aliphatic hydroxyl groups excluding tert-OH is 1. The van der Waals surface area contributed by atoms with Crippen molar-refractivity contribution in [1.29, 1.82) is 0 Å². The van der Waals surface area contributed by atoms with Gasteiger partial charge in [-0.2, -0.15) is 0 Å². The number of aliphatic hydroxyl groups is 1. The first-order valence-electron chi connectivity index (χ1n) is 6.78. The maximum atomic E-state index is 10.3. The Balaban J connectivity index is 1.79. The molecule has 1 atom stereocenters. The van der Waals surface area contributed by atoms with Crippen molar-refractivity contribution in [2.24, 2.45) is 0 Å². The predicted molar refractivity (Wildman–Crippen MR) is 84.2 cm³/mol. The van der Waals surface area contributed by atoms with Crippen LogP contribution >= 0.6 is 11.3 Å². The van der Waals surface area contributed by atoms with Crippen molar-refractivity contribution >= 4 is 22.1 Å². The van der Waals surface area contributed by atoms with E-state index in [1.165, 1.54) is 16.3 Å². The molecule has 0 bridgehead atoms. The van der Waals surface area contributed by atoms with Gasteiger partial charge in [-0.15, -0.1) is 11.3 Å². The van der Waals surface area contributed by atoms with Crippen LogP contribution in [0.1, 0.15) is 16.3 Å². The van der Waals surface area contributed by atoms with Gasteiger partial charge in [0, 0.05) is 11.8 Å². The molecule has 1 unspecified atom stereocenters. The highest BCUT2D eigenvalue weighted by atomic mass is 32.1. The molecule has 1 heterocycles. The highest BCUT2D eigenvalue weighted by molar-refractivity contribution is 7.09. The molecule has 0 saturated carbocycles. The van der Waals surface area contributed by atoms with E-state index >= 15 is 0 Å². The quantitative estimate of drug-likeness (QED) is 0.791. The average Bonchev–Trinajstić information content (AvgIpc) is 2.84. The second-order valence-electron chi connectivity index (χ2n) is 5.06. The van der Waals surface area contributed by atoms with Gasteiger partial charge in [0.2, 0.25) is 0 Å². The fourth-order valence-corrected chi connectivity index (χ4v) is 3.17. The fraction of sp³-hybridized carbons (Fsp3) is 0.235. The number of rotatable bonds is 4. The summed E-state index contributed by atoms with van der Waals surface area (Å²) in [7, 11) is 0. The molecule has 1 N–H and O–H groups in total. The normalized spacial score (nSPS) is 12.7. The Morgan fingerprint density at radius 2 is 1.90 bits per heavy atom. The SMILES string of the molecule is Cc1nc(CC(O)Cc2cccc3ccccc23)cs1. The summed E-state index contributed by atoms with van der Waals surface area (Å²) >= 11 is 1.63. The Kier molecular flexibility index (Phi) is 3.81. The minimum absolute atomic E-state index is 0.387. The van der Waals surface area contributed by atoms with Gasteiger partial charge in [0.1, 0.15) is 0 Å². The fourth-order valence-electron chi connectivity index (χ4n) is 2.54. The molecule has 0 aliphatic rings. The second-order valence-corrected chi connectivity index (χ2v) is 6.12. The number of hydrogen-bond donors (Lipinski definition) is 1. The molecule has 0 amide bonds. The zero-order valence-corrected chi connectivity index (χ0v) is 12.2. The first-order valence-corrected chi connectivity index (χ1v) is 7.66. The number of aromatic nitrogens is 1. The lowest BCUT2D eigenvalue weighted by Gasteiger charge is -2.11. The summed E-state index contributed by atoms with van der Waals surface area (Å²) in [5.74, 6) is 0. The number of fused-ring (bicyclic) bond motifs is 1. The van der Waals surface area contributed by atoms with Gasteiger partial charge < -0.3 is 5.11 Å². The third-order valence-corrected chi connectivity index (χ3v) is 4.27. The van der Waals surface area contributed by atoms with Crippen LogP contribution in [0.25, 0.3) is 10.8 Å². The molecule has 3 rings (SSSR count). The molecule has 0 aliphatic carbocycles. The average molecular weight is 283 g/mol. The molecule has 2 aromatic carbocycles. The second kappa shape index (κ2) is 5.73. The lowest BCUT2D eigenvalue weighted by Crippen LogP contribution is -2.14. The molecule has 0 saturated heterocycles. The van der Waals surface area contributed by atoms with E-state index in [1.54, 1.807) is 11.3 Å². The molecular formula is C17H17NOS. The number of thiazole rings is 1. The number of aryl methyl sites for hydroxylation is 1. The number of benzene rings is 2. The molecule has 0 spiro atoms. The minimum Gasteiger partial charge on any atom is -0.392 e. The van der Waals surface area contributed by atoms with E-state index < -0.39 is 0 Å². The van der Waals surface area contributed by atoms with E-state index in [4.69, 9.17) is 0 Å². The Labute approximate surface area is 122 Å². The van der Waals surface area contributed by atoms with Gasteiger partial charge in [-0.1, -0.05) is 42.5 Å². The third kappa shape index (κ3) is 2.89. The molecule has 3 aromatic rings. The van der Waals surface area contributed by atoms with Crippen LogP contribution in [0.15, 0.2) is 47.8 Å². The number of hydrogen-bond acceptors (Lipinski definition) is 3. The summed E-state index contributed by atoms with van der Waals surface area (Å²) in [6.07, 6.45) is 0.896. The highest BCUT2D eigenvalue weighted by Gasteiger charge is 2.11. The van der Waals surface area contributed by atoms with Crippen LogP contribution < -0.4 is 0 Å². The molecule has 102 valence electrons. The summed E-state index contributed by atoms with van der Waals surface area (Å²) < 4.78 is 0. The van der Waals surface area contributed by atoms with Crippen molar-refractivity contribution in [3.8, 4) is 0 Å². The van der Waals surface area contributed by atoms with Gasteiger partial charge in [0.05, 0.1) is 16.8 Å². The van der Waals surface area contributed by atoms with Crippen LogP contribution in [0.4, 0.5) is 0 Å². The Bertz CT molecular complexity index is 714. The lowest BCUT2D eigenvalue weighted by atomic mass is 9.98. The molecule has 0 radical (unpaired) electrons. The van der Waals surface area contributed by atoms with Crippen molar-refractivity contribution < 1.29 is 5.11 Å². The van der Waals surface area contributed by atoms with Crippen molar-refractivity contribution in [1.82, 2.24) is 4.98 Å². The van der Waals surface area contributed by atoms with Crippen molar-refractivity contribution in [3.63, 3.8) is 0 Å². The van der Waals surface area contributed by atoms with E-state index in [0.29, 0.717) is 12.8 Å². The smallest absolute Gasteiger partial charge is 0.0897 e. The van der Waals surface area contributed by atoms with Crippen LogP contribution in [-0.2, 0) is 12.8 Å². The predicted octanol–water partition coefficient (Wildman–Crippen LogP) is 3.75. The van der Waals surface area contributed by atoms with E-state index in [9.17, 15) is 5.11 Å². The summed E-state index contributed by atoms with van der Waals surface area (Å²) in [6, 6.07) is 14.6. The van der Waals surface area contributed by atoms with Crippen LogP contribution in [0.5, 0.6) is 0 Å². The first-order chi connectivity index (χ1) is 9.72. The Hall–Kier alpha value is -1.71. The molecule has 3 heteroatoms. The van der Waals surface area contributed by atoms with Crippen molar-refractivity contribution in [2.45, 2.75) is 25.9 Å². The van der Waals surface area contributed by atoms with Crippen LogP contribution in [-0.4, -0.2) is 16.2 Å². The van der Waals surface area contributed by atoms with Crippen LogP contribution in [0.2, 0.25) is 0 Å². The summed E-state index contributed by atoms with van der Waals surface area (Å²) in [4.78, 5) is 4.41. The zero-order valence-electron chi connectivity index (χ0n) is 11.4. The topological polar surface area (TPSA) is 33.1 Å². The standard InChI is InChI=1S/C17H17NOS/c1-12-18-15(11-20-12)10-16(19)9-14-7-4-6-13-5-2-3-8-17(13)14/h2-8,11,16,19H,9-10H2,1H3. The molecule has 0 fully saturated rings. The molecule has 0 aliphatic heterocycles. The molecule has 1 aromatic heterocycles. The van der Waals surface area contributed by atoms with Crippen molar-refractivity contribution in [2.75, 3.05) is 0 Å². The molecule has 2 nitrogen and oxygen atoms in total. The van der Waals surface area contributed by atoms with Crippen LogP contribution in [0, 0.1) is 6.92 Å². The van der Waals surface area contributed by atoms with Gasteiger partial charge in [0.15, 0.2) is 0 Å².